The average molecular weight is 340 g/mol. The number of epoxide rings is 2. The summed E-state index contributed by atoms with van der Waals surface area (Å²) in [7, 11) is 0. The van der Waals surface area contributed by atoms with Crippen LogP contribution in [0.3, 0.4) is 0 Å². The third-order valence-corrected chi connectivity index (χ3v) is 4.78. The van der Waals surface area contributed by atoms with Crippen LogP contribution < -0.4 is 9.47 Å². The molecule has 2 aliphatic heterocycles. The van der Waals surface area contributed by atoms with Crippen LogP contribution in [0.15, 0.2) is 48.5 Å². The molecule has 0 amide bonds. The smallest absolute Gasteiger partial charge is 0.123 e. The Hall–Kier alpha value is -2.04. The average Bonchev–Trinajstić information content (AvgIpc) is 3.53. The van der Waals surface area contributed by atoms with E-state index in [0.29, 0.717) is 13.2 Å². The Morgan fingerprint density at radius 1 is 0.800 bits per heavy atom. The molecule has 2 saturated heterocycles. The highest BCUT2D eigenvalue weighted by Crippen LogP contribution is 2.41. The zero-order valence-electron chi connectivity index (χ0n) is 14.7. The molecule has 0 spiro atoms. The van der Waals surface area contributed by atoms with Gasteiger partial charge in [-0.05, 0) is 12.1 Å². The highest BCUT2D eigenvalue weighted by atomic mass is 16.6. The molecule has 0 aliphatic carbocycles. The van der Waals surface area contributed by atoms with Crippen molar-refractivity contribution >= 4 is 0 Å². The van der Waals surface area contributed by atoms with E-state index in [1.54, 1.807) is 0 Å². The van der Waals surface area contributed by atoms with Gasteiger partial charge in [-0.1, -0.05) is 50.2 Å². The number of hydrogen-bond acceptors (Lipinski definition) is 4. The lowest BCUT2D eigenvalue weighted by atomic mass is 9.77. The molecule has 2 heterocycles. The molecule has 4 nitrogen and oxygen atoms in total. The Morgan fingerprint density at radius 2 is 1.20 bits per heavy atom. The van der Waals surface area contributed by atoms with Gasteiger partial charge in [-0.25, -0.2) is 0 Å². The third-order valence-electron chi connectivity index (χ3n) is 4.78. The lowest BCUT2D eigenvalue weighted by Gasteiger charge is -2.30. The number of para-hydroxylation sites is 2. The van der Waals surface area contributed by atoms with Crippen LogP contribution in [0, 0.1) is 0 Å². The zero-order valence-corrected chi connectivity index (χ0v) is 14.7. The zero-order chi connectivity index (χ0) is 17.3. The largest absolute Gasteiger partial charge is 0.490 e. The number of ether oxygens (including phenoxy) is 4. The fraction of sp³-hybridized carbons (Fsp3) is 0.429. The van der Waals surface area contributed by atoms with Crippen LogP contribution in [0.1, 0.15) is 25.0 Å². The molecule has 2 aliphatic rings. The molecule has 2 atom stereocenters. The van der Waals surface area contributed by atoms with Crippen molar-refractivity contribution in [3.8, 4) is 11.5 Å². The standard InChI is InChI=1S/C21H24O4/c1-21(2,17-7-3-5-9-19(17)24-13-15-11-22-15)18-8-4-6-10-20(18)25-14-16-12-23-16/h3-10,15-16H,11-14H2,1-2H3. The molecule has 4 rings (SSSR count). The lowest BCUT2D eigenvalue weighted by Crippen LogP contribution is -2.22. The maximum absolute atomic E-state index is 6.03. The van der Waals surface area contributed by atoms with Crippen LogP contribution in [0.25, 0.3) is 0 Å². The Bertz CT molecular complexity index is 671. The van der Waals surface area contributed by atoms with Crippen LogP contribution in [0.5, 0.6) is 11.5 Å². The van der Waals surface area contributed by atoms with Gasteiger partial charge in [-0.2, -0.15) is 0 Å². The van der Waals surface area contributed by atoms with Crippen molar-refractivity contribution < 1.29 is 18.9 Å². The molecule has 0 N–H and O–H groups in total. The molecular weight excluding hydrogens is 316 g/mol. The molecular formula is C21H24O4. The molecule has 25 heavy (non-hydrogen) atoms. The van der Waals surface area contributed by atoms with Crippen LogP contribution in [0.4, 0.5) is 0 Å². The van der Waals surface area contributed by atoms with E-state index in [-0.39, 0.29) is 17.6 Å². The molecule has 2 aromatic carbocycles. The summed E-state index contributed by atoms with van der Waals surface area (Å²) in [5, 5.41) is 0. The number of rotatable bonds is 8. The van der Waals surface area contributed by atoms with Crippen LogP contribution in [-0.4, -0.2) is 38.6 Å². The van der Waals surface area contributed by atoms with Gasteiger partial charge in [0.25, 0.3) is 0 Å². The summed E-state index contributed by atoms with van der Waals surface area (Å²) in [5.74, 6) is 1.81. The second-order valence-corrected chi connectivity index (χ2v) is 7.15. The van der Waals surface area contributed by atoms with Crippen molar-refractivity contribution in [2.45, 2.75) is 31.5 Å². The second-order valence-electron chi connectivity index (χ2n) is 7.15. The van der Waals surface area contributed by atoms with E-state index in [1.165, 1.54) is 0 Å². The first kappa shape index (κ1) is 16.4. The van der Waals surface area contributed by atoms with E-state index in [0.717, 1.165) is 35.8 Å². The molecule has 2 unspecified atom stereocenters. The molecule has 2 fully saturated rings. The first-order valence-corrected chi connectivity index (χ1v) is 8.82. The summed E-state index contributed by atoms with van der Waals surface area (Å²) in [6, 6.07) is 16.4. The predicted octanol–water partition coefficient (Wildman–Crippen LogP) is 3.57. The minimum absolute atomic E-state index is 0.241. The van der Waals surface area contributed by atoms with Gasteiger partial charge in [0.15, 0.2) is 0 Å². The van der Waals surface area contributed by atoms with E-state index in [9.17, 15) is 0 Å². The van der Waals surface area contributed by atoms with Gasteiger partial charge in [0, 0.05) is 16.5 Å². The Labute approximate surface area is 148 Å². The highest BCUT2D eigenvalue weighted by molar-refractivity contribution is 5.50. The van der Waals surface area contributed by atoms with Gasteiger partial charge in [0.05, 0.1) is 13.2 Å². The van der Waals surface area contributed by atoms with Crippen molar-refractivity contribution in [3.63, 3.8) is 0 Å². The topological polar surface area (TPSA) is 43.5 Å². The first-order chi connectivity index (χ1) is 12.1. The van der Waals surface area contributed by atoms with Crippen LogP contribution in [-0.2, 0) is 14.9 Å². The fourth-order valence-corrected chi connectivity index (χ4v) is 3.06. The quantitative estimate of drug-likeness (QED) is 0.689. The highest BCUT2D eigenvalue weighted by Gasteiger charge is 2.31. The van der Waals surface area contributed by atoms with Gasteiger partial charge >= 0.3 is 0 Å². The van der Waals surface area contributed by atoms with E-state index in [2.05, 4.69) is 38.1 Å². The van der Waals surface area contributed by atoms with E-state index < -0.39 is 0 Å². The number of hydrogen-bond donors (Lipinski definition) is 0. The molecule has 0 bridgehead atoms. The minimum atomic E-state index is -0.248. The Morgan fingerprint density at radius 3 is 1.60 bits per heavy atom. The normalized spacial score (nSPS) is 21.7. The molecule has 4 heteroatoms. The third kappa shape index (κ3) is 3.80. The van der Waals surface area contributed by atoms with Crippen molar-refractivity contribution in [1.29, 1.82) is 0 Å². The Balaban J connectivity index is 1.62. The fourth-order valence-electron chi connectivity index (χ4n) is 3.06. The van der Waals surface area contributed by atoms with Gasteiger partial charge in [-0.15, -0.1) is 0 Å². The van der Waals surface area contributed by atoms with Crippen molar-refractivity contribution in [2.24, 2.45) is 0 Å². The first-order valence-electron chi connectivity index (χ1n) is 8.82. The van der Waals surface area contributed by atoms with E-state index in [1.807, 2.05) is 24.3 Å². The SMILES string of the molecule is CC(C)(c1ccccc1OCC1CO1)c1ccccc1OCC1CO1. The predicted molar refractivity (Wildman–Crippen MR) is 95.5 cm³/mol. The summed E-state index contributed by atoms with van der Waals surface area (Å²) >= 11 is 0. The molecule has 0 aromatic heterocycles. The van der Waals surface area contributed by atoms with Crippen LogP contribution in [0.2, 0.25) is 0 Å². The monoisotopic (exact) mass is 340 g/mol. The molecule has 2 aromatic rings. The summed E-state index contributed by atoms with van der Waals surface area (Å²) in [5.41, 5.74) is 2.05. The molecule has 0 saturated carbocycles. The van der Waals surface area contributed by atoms with Crippen molar-refractivity contribution in [1.82, 2.24) is 0 Å². The van der Waals surface area contributed by atoms with E-state index >= 15 is 0 Å². The molecule has 0 radical (unpaired) electrons. The summed E-state index contributed by atoms with van der Waals surface area (Å²) in [6.45, 7) is 7.21. The number of benzene rings is 2. The summed E-state index contributed by atoms with van der Waals surface area (Å²) < 4.78 is 22.6. The van der Waals surface area contributed by atoms with Gasteiger partial charge in [0.1, 0.15) is 36.9 Å². The lowest BCUT2D eigenvalue weighted by molar-refractivity contribution is 0.254. The van der Waals surface area contributed by atoms with Gasteiger partial charge < -0.3 is 18.9 Å². The van der Waals surface area contributed by atoms with Crippen molar-refractivity contribution in [3.05, 3.63) is 59.7 Å². The summed E-state index contributed by atoms with van der Waals surface area (Å²) in [4.78, 5) is 0. The van der Waals surface area contributed by atoms with E-state index in [4.69, 9.17) is 18.9 Å². The maximum atomic E-state index is 6.03. The second kappa shape index (κ2) is 6.70. The molecule has 132 valence electrons. The van der Waals surface area contributed by atoms with Gasteiger partial charge in [0.2, 0.25) is 0 Å². The maximum Gasteiger partial charge on any atom is 0.123 e. The summed E-state index contributed by atoms with van der Waals surface area (Å²) in [6.07, 6.45) is 0.482. The Kier molecular flexibility index (Phi) is 4.40. The van der Waals surface area contributed by atoms with Crippen molar-refractivity contribution in [2.75, 3.05) is 26.4 Å². The van der Waals surface area contributed by atoms with Crippen LogP contribution >= 0.6 is 0 Å². The van der Waals surface area contributed by atoms with Gasteiger partial charge in [-0.3, -0.25) is 0 Å². The minimum Gasteiger partial charge on any atom is -0.490 e.